The highest BCUT2D eigenvalue weighted by atomic mass is 32.1. The van der Waals surface area contributed by atoms with Crippen LogP contribution < -0.4 is 5.32 Å². The molecule has 9 nitrogen and oxygen atoms in total. The Morgan fingerprint density at radius 3 is 2.52 bits per heavy atom. The van der Waals surface area contributed by atoms with Crippen molar-refractivity contribution in [3.8, 4) is 17.5 Å². The summed E-state index contributed by atoms with van der Waals surface area (Å²) in [6.07, 6.45) is 2.47. The summed E-state index contributed by atoms with van der Waals surface area (Å²) in [5.41, 5.74) is 1.69. The van der Waals surface area contributed by atoms with E-state index in [-0.39, 0.29) is 34.0 Å². The third-order valence-electron chi connectivity index (χ3n) is 4.76. The Bertz CT molecular complexity index is 1190. The fourth-order valence-electron chi connectivity index (χ4n) is 3.03. The highest BCUT2D eigenvalue weighted by molar-refractivity contribution is 7.18. The van der Waals surface area contributed by atoms with E-state index in [9.17, 15) is 19.6 Å². The molecule has 1 amide bonds. The minimum absolute atomic E-state index is 0.172. The number of ether oxygens (including phenoxy) is 2. The van der Waals surface area contributed by atoms with E-state index in [1.807, 2.05) is 6.07 Å². The predicted octanol–water partition coefficient (Wildman–Crippen LogP) is 4.07. The van der Waals surface area contributed by atoms with Crippen LogP contribution in [0.5, 0.6) is 0 Å². The van der Waals surface area contributed by atoms with Crippen molar-refractivity contribution in [2.45, 2.75) is 33.3 Å². The number of hydrogen-bond acceptors (Lipinski definition) is 8. The highest BCUT2D eigenvalue weighted by Crippen LogP contribution is 2.33. The maximum Gasteiger partial charge on any atom is 0.348 e. The topological polar surface area (TPSA) is 134 Å². The second kappa shape index (κ2) is 10.6. The van der Waals surface area contributed by atoms with Crippen LogP contribution in [0.2, 0.25) is 0 Å². The third-order valence-corrected chi connectivity index (χ3v) is 5.95. The molecule has 0 saturated carbocycles. The second-order valence-electron chi connectivity index (χ2n) is 6.90. The molecule has 3 rings (SSSR count). The molecule has 170 valence electrons. The molecule has 33 heavy (non-hydrogen) atoms. The number of hydrogen-bond donors (Lipinski definition) is 2. The lowest BCUT2D eigenvalue weighted by molar-refractivity contribution is -0.124. The van der Waals surface area contributed by atoms with Crippen molar-refractivity contribution in [1.29, 1.82) is 5.26 Å². The number of carbonyl (C=O) groups excluding carboxylic acids is 3. The van der Waals surface area contributed by atoms with Crippen LogP contribution in [0.3, 0.4) is 0 Å². The number of nitrogens with one attached hydrogen (secondary N) is 2. The molecule has 1 unspecified atom stereocenters. The monoisotopic (exact) mass is 466 g/mol. The number of anilines is 1. The number of nitrogens with zero attached hydrogens (tertiary/aromatic N) is 2. The van der Waals surface area contributed by atoms with Gasteiger partial charge in [0.15, 0.2) is 6.10 Å². The number of amides is 1. The van der Waals surface area contributed by atoms with Gasteiger partial charge < -0.3 is 19.8 Å². The summed E-state index contributed by atoms with van der Waals surface area (Å²) < 4.78 is 10.4. The van der Waals surface area contributed by atoms with Crippen LogP contribution in [0.25, 0.3) is 11.4 Å². The number of nitriles is 1. The van der Waals surface area contributed by atoms with E-state index in [1.54, 1.807) is 57.4 Å². The average Bonchev–Trinajstić information content (AvgIpc) is 3.45. The smallest absolute Gasteiger partial charge is 0.348 e. The molecule has 10 heteroatoms. The van der Waals surface area contributed by atoms with Gasteiger partial charge in [0.1, 0.15) is 21.8 Å². The zero-order valence-corrected chi connectivity index (χ0v) is 19.1. The minimum atomic E-state index is -1.08. The van der Waals surface area contributed by atoms with E-state index in [0.29, 0.717) is 11.4 Å². The number of rotatable bonds is 8. The fourth-order valence-corrected chi connectivity index (χ4v) is 4.08. The molecule has 3 aromatic rings. The van der Waals surface area contributed by atoms with Crippen molar-refractivity contribution in [3.63, 3.8) is 0 Å². The molecule has 0 aliphatic carbocycles. The van der Waals surface area contributed by atoms with Crippen LogP contribution in [0.15, 0.2) is 36.7 Å². The lowest BCUT2D eigenvalue weighted by Crippen LogP contribution is -2.32. The summed E-state index contributed by atoms with van der Waals surface area (Å²) >= 11 is 0.952. The number of aromatic amines is 1. The molecule has 1 aromatic carbocycles. The van der Waals surface area contributed by atoms with Gasteiger partial charge in [-0.3, -0.25) is 4.79 Å². The highest BCUT2D eigenvalue weighted by Gasteiger charge is 2.26. The van der Waals surface area contributed by atoms with E-state index in [1.165, 1.54) is 0 Å². The van der Waals surface area contributed by atoms with Crippen LogP contribution in [-0.2, 0) is 14.3 Å². The summed E-state index contributed by atoms with van der Waals surface area (Å²) in [5, 5.41) is 12.3. The summed E-state index contributed by atoms with van der Waals surface area (Å²) in [6.45, 7) is 5.18. The standard InChI is InChI=1S/C23H22N4O5S/c1-4-17(32-22(29)15-8-6-14(7-9-15)19-25-10-11-26-19)20(28)27-21-16(12-24)13(3)18(33-21)23(30)31-5-2/h6-11,17H,4-5H2,1-3H3,(H,25,26)(H,27,28). The predicted molar refractivity (Wildman–Crippen MR) is 122 cm³/mol. The van der Waals surface area contributed by atoms with Gasteiger partial charge in [0.05, 0.1) is 17.7 Å². The van der Waals surface area contributed by atoms with E-state index < -0.39 is 23.9 Å². The molecular weight excluding hydrogens is 444 g/mol. The summed E-state index contributed by atoms with van der Waals surface area (Å²) in [7, 11) is 0. The largest absolute Gasteiger partial charge is 0.462 e. The van der Waals surface area contributed by atoms with Gasteiger partial charge in [-0.15, -0.1) is 11.3 Å². The van der Waals surface area contributed by atoms with Gasteiger partial charge in [0.2, 0.25) is 0 Å². The van der Waals surface area contributed by atoms with Gasteiger partial charge in [-0.2, -0.15) is 5.26 Å². The first kappa shape index (κ1) is 23.7. The van der Waals surface area contributed by atoms with Gasteiger partial charge in [-0.25, -0.2) is 14.6 Å². The quantitative estimate of drug-likeness (QED) is 0.478. The normalized spacial score (nSPS) is 11.3. The number of H-pyrrole nitrogens is 1. The fraction of sp³-hybridized carbons (Fsp3) is 0.261. The van der Waals surface area contributed by atoms with Gasteiger partial charge in [-0.05, 0) is 38.0 Å². The number of benzene rings is 1. The molecule has 0 aliphatic heterocycles. The Balaban J connectivity index is 1.71. The molecular formula is C23H22N4O5S. The first-order valence-corrected chi connectivity index (χ1v) is 11.0. The van der Waals surface area contributed by atoms with Gasteiger partial charge >= 0.3 is 11.9 Å². The van der Waals surface area contributed by atoms with Gasteiger partial charge in [-0.1, -0.05) is 19.1 Å². The maximum absolute atomic E-state index is 12.8. The van der Waals surface area contributed by atoms with E-state index in [2.05, 4.69) is 15.3 Å². The maximum atomic E-state index is 12.8. The molecule has 0 spiro atoms. The number of esters is 2. The molecule has 2 aromatic heterocycles. The summed E-state index contributed by atoms with van der Waals surface area (Å²) in [6, 6.07) is 8.63. The number of carbonyl (C=O) groups is 3. The SMILES string of the molecule is CCOC(=O)c1sc(NC(=O)C(CC)OC(=O)c2ccc(-c3ncc[nH]3)cc2)c(C#N)c1C. The molecule has 0 radical (unpaired) electrons. The Morgan fingerprint density at radius 2 is 1.94 bits per heavy atom. The lowest BCUT2D eigenvalue weighted by Gasteiger charge is -2.15. The van der Waals surface area contributed by atoms with Crippen molar-refractivity contribution in [1.82, 2.24) is 9.97 Å². The molecule has 0 fully saturated rings. The van der Waals surface area contributed by atoms with Crippen molar-refractivity contribution >= 4 is 34.2 Å². The first-order valence-electron chi connectivity index (χ1n) is 10.2. The van der Waals surface area contributed by atoms with E-state index >= 15 is 0 Å². The lowest BCUT2D eigenvalue weighted by atomic mass is 10.1. The van der Waals surface area contributed by atoms with E-state index in [4.69, 9.17) is 9.47 Å². The van der Waals surface area contributed by atoms with E-state index in [0.717, 1.165) is 16.9 Å². The molecule has 2 N–H and O–H groups in total. The van der Waals surface area contributed by atoms with Crippen LogP contribution in [0, 0.1) is 18.3 Å². The molecule has 0 aliphatic rings. The van der Waals surface area contributed by atoms with Crippen molar-refractivity contribution in [2.24, 2.45) is 0 Å². The first-order chi connectivity index (χ1) is 15.9. The van der Waals surface area contributed by atoms with Crippen LogP contribution in [0.1, 0.15) is 51.4 Å². The Morgan fingerprint density at radius 1 is 1.21 bits per heavy atom. The van der Waals surface area contributed by atoms with Crippen molar-refractivity contribution < 1.29 is 23.9 Å². The van der Waals surface area contributed by atoms with Crippen LogP contribution in [-0.4, -0.2) is 40.5 Å². The van der Waals surface area contributed by atoms with Gasteiger partial charge in [0.25, 0.3) is 5.91 Å². The number of imidazole rings is 1. The number of thiophene rings is 1. The third kappa shape index (κ3) is 5.27. The summed E-state index contributed by atoms with van der Waals surface area (Å²) in [4.78, 5) is 44.8. The molecule has 2 heterocycles. The Hall–Kier alpha value is -3.97. The Kier molecular flexibility index (Phi) is 7.58. The summed E-state index contributed by atoms with van der Waals surface area (Å²) in [5.74, 6) is -1.14. The zero-order chi connectivity index (χ0) is 24.0. The van der Waals surface area contributed by atoms with Crippen LogP contribution in [0.4, 0.5) is 5.00 Å². The minimum Gasteiger partial charge on any atom is -0.462 e. The van der Waals surface area contributed by atoms with Crippen molar-refractivity contribution in [2.75, 3.05) is 11.9 Å². The average molecular weight is 467 g/mol. The Labute approximate surface area is 194 Å². The zero-order valence-electron chi connectivity index (χ0n) is 18.3. The second-order valence-corrected chi connectivity index (χ2v) is 7.92. The van der Waals surface area contributed by atoms with Crippen molar-refractivity contribution in [3.05, 3.63) is 58.2 Å². The molecule has 0 saturated heterocycles. The molecule has 0 bridgehead atoms. The van der Waals surface area contributed by atoms with Gasteiger partial charge in [0, 0.05) is 18.0 Å². The molecule has 1 atom stereocenters. The van der Waals surface area contributed by atoms with Crippen LogP contribution >= 0.6 is 11.3 Å². The number of aromatic nitrogens is 2.